The van der Waals surface area contributed by atoms with Crippen LogP contribution in [0.15, 0.2) is 4.99 Å². The van der Waals surface area contributed by atoms with Crippen LogP contribution in [0.4, 0.5) is 0 Å². The minimum absolute atomic E-state index is 0.393. The molecule has 1 atom stereocenters. The molecular weight excluding hydrogens is 266 g/mol. The van der Waals surface area contributed by atoms with Gasteiger partial charge in [-0.2, -0.15) is 0 Å². The summed E-state index contributed by atoms with van der Waals surface area (Å²) in [5, 5.41) is 5.09. The molecule has 2 bridgehead atoms. The third kappa shape index (κ3) is 2.50. The molecule has 3 nitrogen and oxygen atoms in total. The van der Waals surface area contributed by atoms with Gasteiger partial charge in [0, 0.05) is 17.8 Å². The van der Waals surface area contributed by atoms with Crippen LogP contribution in [0.2, 0.25) is 0 Å². The zero-order valence-corrected chi connectivity index (χ0v) is 13.4. The van der Waals surface area contributed by atoms with Gasteiger partial charge in [0.15, 0.2) is 5.17 Å². The standard InChI is InChI=1S/C16H27N3S/c1-12-2-6-16(7-3-12)11-20-15(18-16)17-14-10-19-8-4-13(14)5-9-19/h12-14H,2-11H2,1H3,(H,17,18). The van der Waals surface area contributed by atoms with Gasteiger partial charge in [-0.05, 0) is 63.5 Å². The second-order valence-corrected chi connectivity index (χ2v) is 8.48. The molecule has 112 valence electrons. The van der Waals surface area contributed by atoms with Crippen molar-refractivity contribution in [3.8, 4) is 0 Å². The van der Waals surface area contributed by atoms with Gasteiger partial charge in [0.05, 0.1) is 6.04 Å². The minimum Gasteiger partial charge on any atom is -0.359 e. The molecule has 20 heavy (non-hydrogen) atoms. The summed E-state index contributed by atoms with van der Waals surface area (Å²) in [5.74, 6) is 3.03. The van der Waals surface area contributed by atoms with Crippen LogP contribution >= 0.6 is 11.8 Å². The van der Waals surface area contributed by atoms with Gasteiger partial charge in [-0.15, -0.1) is 0 Å². The maximum atomic E-state index is 5.11. The van der Waals surface area contributed by atoms with Gasteiger partial charge in [-0.1, -0.05) is 18.7 Å². The molecule has 1 aliphatic carbocycles. The number of hydrogen-bond acceptors (Lipinski definition) is 3. The first-order valence-corrected chi connectivity index (χ1v) is 9.42. The molecule has 0 radical (unpaired) electrons. The normalized spacial score (nSPS) is 49.8. The summed E-state index contributed by atoms with van der Waals surface area (Å²) in [7, 11) is 0. The van der Waals surface area contributed by atoms with Crippen LogP contribution in [0.25, 0.3) is 0 Å². The van der Waals surface area contributed by atoms with Crippen molar-refractivity contribution in [2.45, 2.75) is 57.0 Å². The summed E-state index contributed by atoms with van der Waals surface area (Å²) in [4.78, 5) is 7.72. The third-order valence-electron chi connectivity index (χ3n) is 5.99. The van der Waals surface area contributed by atoms with Crippen molar-refractivity contribution in [3.63, 3.8) is 0 Å². The van der Waals surface area contributed by atoms with Crippen molar-refractivity contribution in [2.24, 2.45) is 16.8 Å². The Morgan fingerprint density at radius 2 is 1.95 bits per heavy atom. The molecule has 1 saturated carbocycles. The van der Waals surface area contributed by atoms with Crippen molar-refractivity contribution in [1.29, 1.82) is 0 Å². The monoisotopic (exact) mass is 293 g/mol. The lowest BCUT2D eigenvalue weighted by molar-refractivity contribution is 0.0905. The molecule has 5 aliphatic rings. The van der Waals surface area contributed by atoms with E-state index in [1.54, 1.807) is 0 Å². The molecule has 1 unspecified atom stereocenters. The molecule has 5 fully saturated rings. The van der Waals surface area contributed by atoms with Crippen LogP contribution in [-0.2, 0) is 0 Å². The predicted molar refractivity (Wildman–Crippen MR) is 86.3 cm³/mol. The van der Waals surface area contributed by atoms with Crippen molar-refractivity contribution in [2.75, 3.05) is 25.4 Å². The number of amidine groups is 1. The lowest BCUT2D eigenvalue weighted by Crippen LogP contribution is -2.50. The van der Waals surface area contributed by atoms with Crippen LogP contribution in [0.3, 0.4) is 0 Å². The van der Waals surface area contributed by atoms with E-state index in [0.29, 0.717) is 11.6 Å². The molecule has 0 aromatic carbocycles. The first-order chi connectivity index (χ1) is 9.72. The Bertz CT molecular complexity index is 393. The SMILES string of the molecule is CC1CCC2(CC1)CSC(=NC1CN3CCC1CC3)N2. The topological polar surface area (TPSA) is 27.6 Å². The van der Waals surface area contributed by atoms with Gasteiger partial charge < -0.3 is 10.2 Å². The Kier molecular flexibility index (Phi) is 3.50. The Morgan fingerprint density at radius 1 is 1.20 bits per heavy atom. The number of fused-ring (bicyclic) bond motifs is 3. The fourth-order valence-electron chi connectivity index (χ4n) is 4.39. The van der Waals surface area contributed by atoms with E-state index in [-0.39, 0.29) is 0 Å². The molecule has 1 N–H and O–H groups in total. The Balaban J connectivity index is 1.42. The van der Waals surface area contributed by atoms with E-state index in [9.17, 15) is 0 Å². The first-order valence-electron chi connectivity index (χ1n) is 8.44. The Hall–Kier alpha value is -0.220. The van der Waals surface area contributed by atoms with Crippen LogP contribution in [-0.4, -0.2) is 47.0 Å². The van der Waals surface area contributed by atoms with E-state index in [2.05, 4.69) is 17.1 Å². The maximum absolute atomic E-state index is 5.11. The number of piperidine rings is 3. The lowest BCUT2D eigenvalue weighted by Gasteiger charge is -2.43. The zero-order valence-electron chi connectivity index (χ0n) is 12.6. The van der Waals surface area contributed by atoms with E-state index >= 15 is 0 Å². The van der Waals surface area contributed by atoms with E-state index in [1.165, 1.54) is 69.1 Å². The fraction of sp³-hybridized carbons (Fsp3) is 0.938. The number of rotatable bonds is 1. The Labute approximate surface area is 127 Å². The smallest absolute Gasteiger partial charge is 0.157 e. The summed E-state index contributed by atoms with van der Waals surface area (Å²) in [6, 6.07) is 0.574. The van der Waals surface area contributed by atoms with Crippen LogP contribution in [0, 0.1) is 11.8 Å². The number of nitrogens with one attached hydrogen (secondary N) is 1. The van der Waals surface area contributed by atoms with Gasteiger partial charge in [0.1, 0.15) is 0 Å². The highest BCUT2D eigenvalue weighted by molar-refractivity contribution is 8.14. The quantitative estimate of drug-likeness (QED) is 0.805. The van der Waals surface area contributed by atoms with Crippen molar-refractivity contribution < 1.29 is 0 Å². The molecule has 4 aliphatic heterocycles. The van der Waals surface area contributed by atoms with E-state index in [1.807, 2.05) is 11.8 Å². The maximum Gasteiger partial charge on any atom is 0.157 e. The number of thioether (sulfide) groups is 1. The van der Waals surface area contributed by atoms with Gasteiger partial charge in [0.2, 0.25) is 0 Å². The van der Waals surface area contributed by atoms with Crippen LogP contribution in [0.1, 0.15) is 45.4 Å². The summed E-state index contributed by atoms with van der Waals surface area (Å²) in [5.41, 5.74) is 0.393. The molecule has 0 aromatic heterocycles. The second kappa shape index (κ2) is 5.20. The first kappa shape index (κ1) is 13.4. The summed E-state index contributed by atoms with van der Waals surface area (Å²) >= 11 is 1.99. The van der Waals surface area contributed by atoms with Gasteiger partial charge in [-0.25, -0.2) is 0 Å². The number of nitrogens with zero attached hydrogens (tertiary/aromatic N) is 2. The van der Waals surface area contributed by atoms with Crippen molar-refractivity contribution in [1.82, 2.24) is 10.2 Å². The molecule has 0 amide bonds. The Morgan fingerprint density at radius 3 is 2.60 bits per heavy atom. The van der Waals surface area contributed by atoms with E-state index < -0.39 is 0 Å². The summed E-state index contributed by atoms with van der Waals surface area (Å²) in [6.45, 7) is 6.24. The molecule has 5 rings (SSSR count). The third-order valence-corrected chi connectivity index (χ3v) is 7.17. The molecule has 4 saturated heterocycles. The van der Waals surface area contributed by atoms with Gasteiger partial charge >= 0.3 is 0 Å². The second-order valence-electron chi connectivity index (χ2n) is 7.52. The van der Waals surface area contributed by atoms with E-state index in [4.69, 9.17) is 4.99 Å². The summed E-state index contributed by atoms with van der Waals surface area (Å²) < 4.78 is 0. The number of hydrogen-bond donors (Lipinski definition) is 1. The highest BCUT2D eigenvalue weighted by Gasteiger charge is 2.41. The zero-order chi connectivity index (χ0) is 13.6. The molecule has 1 spiro atoms. The van der Waals surface area contributed by atoms with Crippen LogP contribution < -0.4 is 5.32 Å². The summed E-state index contributed by atoms with van der Waals surface area (Å²) in [6.07, 6.45) is 8.21. The highest BCUT2D eigenvalue weighted by atomic mass is 32.2. The minimum atomic E-state index is 0.393. The van der Waals surface area contributed by atoms with Crippen molar-refractivity contribution in [3.05, 3.63) is 0 Å². The predicted octanol–water partition coefficient (Wildman–Crippen LogP) is 2.72. The van der Waals surface area contributed by atoms with E-state index in [0.717, 1.165) is 11.8 Å². The highest BCUT2D eigenvalue weighted by Crippen LogP contribution is 2.39. The average molecular weight is 293 g/mol. The molecule has 4 heteroatoms. The largest absolute Gasteiger partial charge is 0.359 e. The molecular formula is C16H27N3S. The molecule has 0 aromatic rings. The molecule has 4 heterocycles. The van der Waals surface area contributed by atoms with Crippen molar-refractivity contribution >= 4 is 16.9 Å². The van der Waals surface area contributed by atoms with Crippen LogP contribution in [0.5, 0.6) is 0 Å². The average Bonchev–Trinajstić information content (AvgIpc) is 2.87. The van der Waals surface area contributed by atoms with Gasteiger partial charge in [0.25, 0.3) is 0 Å². The number of aliphatic imine (C=N–C) groups is 1. The van der Waals surface area contributed by atoms with Gasteiger partial charge in [-0.3, -0.25) is 4.99 Å². The fourth-order valence-corrected chi connectivity index (χ4v) is 5.66. The lowest BCUT2D eigenvalue weighted by atomic mass is 9.78.